The highest BCUT2D eigenvalue weighted by molar-refractivity contribution is 8.21. The van der Waals surface area contributed by atoms with Crippen molar-refractivity contribution in [3.63, 3.8) is 0 Å². The van der Waals surface area contributed by atoms with Crippen LogP contribution >= 0.6 is 23.5 Å². The first-order valence-electron chi connectivity index (χ1n) is 4.69. The van der Waals surface area contributed by atoms with Gasteiger partial charge in [-0.1, -0.05) is 13.3 Å². The van der Waals surface area contributed by atoms with Crippen LogP contribution < -0.4 is 0 Å². The first-order valence-corrected chi connectivity index (χ1v) is 7.14. The SMILES string of the molecule is CCCC(C(=O)OCC)=C(SC)SC. The van der Waals surface area contributed by atoms with Crippen molar-refractivity contribution in [2.24, 2.45) is 0 Å². The predicted octanol–water partition coefficient (Wildman–Crippen LogP) is 3.29. The average Bonchev–Trinajstić information content (AvgIpc) is 2.18. The second kappa shape index (κ2) is 8.24. The maximum absolute atomic E-state index is 11.6. The Morgan fingerprint density at radius 2 is 1.79 bits per heavy atom. The standard InChI is InChI=1S/C10H18O2S2/c1-5-7-8(9(11)12-6-2)10(13-3)14-4/h5-7H2,1-4H3. The van der Waals surface area contributed by atoms with E-state index < -0.39 is 0 Å². The van der Waals surface area contributed by atoms with Crippen molar-refractivity contribution in [3.05, 3.63) is 9.81 Å². The van der Waals surface area contributed by atoms with Crippen LogP contribution in [0.5, 0.6) is 0 Å². The van der Waals surface area contributed by atoms with Crippen molar-refractivity contribution < 1.29 is 9.53 Å². The third-order valence-corrected chi connectivity index (χ3v) is 3.87. The molecular weight excluding hydrogens is 216 g/mol. The van der Waals surface area contributed by atoms with Crippen molar-refractivity contribution in [2.75, 3.05) is 19.1 Å². The Morgan fingerprint density at radius 3 is 2.14 bits per heavy atom. The molecule has 0 saturated carbocycles. The summed E-state index contributed by atoms with van der Waals surface area (Å²) >= 11 is 3.23. The topological polar surface area (TPSA) is 26.3 Å². The van der Waals surface area contributed by atoms with Crippen LogP contribution in [-0.4, -0.2) is 25.1 Å². The van der Waals surface area contributed by atoms with E-state index in [0.29, 0.717) is 6.61 Å². The van der Waals surface area contributed by atoms with Crippen molar-refractivity contribution in [2.45, 2.75) is 26.7 Å². The van der Waals surface area contributed by atoms with Crippen LogP contribution in [-0.2, 0) is 9.53 Å². The van der Waals surface area contributed by atoms with Crippen molar-refractivity contribution in [1.82, 2.24) is 0 Å². The Morgan fingerprint density at radius 1 is 1.21 bits per heavy atom. The minimum atomic E-state index is -0.159. The first-order chi connectivity index (χ1) is 6.71. The van der Waals surface area contributed by atoms with E-state index in [0.717, 1.165) is 22.7 Å². The molecule has 0 rings (SSSR count). The molecular formula is C10H18O2S2. The van der Waals surface area contributed by atoms with E-state index >= 15 is 0 Å². The van der Waals surface area contributed by atoms with Gasteiger partial charge in [0.05, 0.1) is 16.4 Å². The van der Waals surface area contributed by atoms with Gasteiger partial charge in [-0.25, -0.2) is 4.79 Å². The lowest BCUT2D eigenvalue weighted by atomic mass is 10.2. The monoisotopic (exact) mass is 234 g/mol. The van der Waals surface area contributed by atoms with Gasteiger partial charge in [0.15, 0.2) is 0 Å². The highest BCUT2D eigenvalue weighted by atomic mass is 32.2. The fraction of sp³-hybridized carbons (Fsp3) is 0.700. The largest absolute Gasteiger partial charge is 0.463 e. The third kappa shape index (κ3) is 4.42. The Hall–Kier alpha value is -0.0900. The molecule has 0 saturated heterocycles. The second-order valence-corrected chi connectivity index (χ2v) is 4.54. The minimum absolute atomic E-state index is 0.159. The van der Waals surface area contributed by atoms with E-state index in [9.17, 15) is 4.79 Å². The quantitative estimate of drug-likeness (QED) is 0.520. The van der Waals surface area contributed by atoms with Crippen LogP contribution in [0.3, 0.4) is 0 Å². The van der Waals surface area contributed by atoms with Gasteiger partial charge < -0.3 is 4.74 Å². The Kier molecular flexibility index (Phi) is 8.18. The van der Waals surface area contributed by atoms with Gasteiger partial charge in [-0.15, -0.1) is 23.5 Å². The number of hydrogen-bond acceptors (Lipinski definition) is 4. The lowest BCUT2D eigenvalue weighted by Crippen LogP contribution is -2.08. The van der Waals surface area contributed by atoms with Crippen LogP contribution in [0.2, 0.25) is 0 Å². The molecule has 82 valence electrons. The Labute approximate surface area is 94.9 Å². The molecule has 0 unspecified atom stereocenters. The maximum Gasteiger partial charge on any atom is 0.335 e. The summed E-state index contributed by atoms with van der Waals surface area (Å²) in [6, 6.07) is 0. The molecule has 0 radical (unpaired) electrons. The van der Waals surface area contributed by atoms with Gasteiger partial charge in [-0.3, -0.25) is 0 Å². The zero-order valence-electron chi connectivity index (χ0n) is 9.25. The molecule has 0 aromatic carbocycles. The van der Waals surface area contributed by atoms with Crippen molar-refractivity contribution >= 4 is 29.5 Å². The molecule has 0 aliphatic heterocycles. The molecule has 0 N–H and O–H groups in total. The summed E-state index contributed by atoms with van der Waals surface area (Å²) in [5, 5.41) is 0. The molecule has 0 fully saturated rings. The smallest absolute Gasteiger partial charge is 0.335 e. The number of esters is 1. The number of carbonyl (C=O) groups excluding carboxylic acids is 1. The number of hydrogen-bond donors (Lipinski definition) is 0. The highest BCUT2D eigenvalue weighted by Gasteiger charge is 2.14. The Balaban J connectivity index is 4.70. The van der Waals surface area contributed by atoms with Gasteiger partial charge in [0.25, 0.3) is 0 Å². The fourth-order valence-corrected chi connectivity index (χ4v) is 2.62. The van der Waals surface area contributed by atoms with Crippen molar-refractivity contribution in [1.29, 1.82) is 0 Å². The number of ether oxygens (including phenoxy) is 1. The number of rotatable bonds is 6. The first kappa shape index (κ1) is 13.9. The summed E-state index contributed by atoms with van der Waals surface area (Å²) in [5.74, 6) is -0.159. The number of thioether (sulfide) groups is 2. The lowest BCUT2D eigenvalue weighted by molar-refractivity contribution is -0.138. The molecule has 0 aliphatic carbocycles. The molecule has 0 heterocycles. The summed E-state index contributed by atoms with van der Waals surface area (Å²) in [7, 11) is 0. The second-order valence-electron chi connectivity index (χ2n) is 2.64. The normalized spacial score (nSPS) is 9.71. The van der Waals surface area contributed by atoms with Gasteiger partial charge in [0.1, 0.15) is 0 Å². The summed E-state index contributed by atoms with van der Waals surface area (Å²) in [6.45, 7) is 4.35. The fourth-order valence-electron chi connectivity index (χ4n) is 1.09. The van der Waals surface area contributed by atoms with Gasteiger partial charge >= 0.3 is 5.97 Å². The number of carbonyl (C=O) groups is 1. The molecule has 0 spiro atoms. The third-order valence-electron chi connectivity index (χ3n) is 1.64. The summed E-state index contributed by atoms with van der Waals surface area (Å²) in [4.78, 5) is 11.6. The van der Waals surface area contributed by atoms with E-state index in [1.54, 1.807) is 23.5 Å². The molecule has 4 heteroatoms. The van der Waals surface area contributed by atoms with Crippen LogP contribution in [0.4, 0.5) is 0 Å². The van der Waals surface area contributed by atoms with Crippen LogP contribution in [0.25, 0.3) is 0 Å². The molecule has 0 aliphatic rings. The van der Waals surface area contributed by atoms with Crippen LogP contribution in [0.15, 0.2) is 9.81 Å². The summed E-state index contributed by atoms with van der Waals surface area (Å²) in [6.07, 6.45) is 5.75. The van der Waals surface area contributed by atoms with E-state index in [2.05, 4.69) is 6.92 Å². The van der Waals surface area contributed by atoms with E-state index in [1.165, 1.54) is 0 Å². The summed E-state index contributed by atoms with van der Waals surface area (Å²) in [5.41, 5.74) is 0.828. The summed E-state index contributed by atoms with van der Waals surface area (Å²) < 4.78 is 6.09. The molecule has 0 amide bonds. The van der Waals surface area contributed by atoms with Gasteiger partial charge in [0, 0.05) is 0 Å². The maximum atomic E-state index is 11.6. The Bertz CT molecular complexity index is 206. The zero-order valence-corrected chi connectivity index (χ0v) is 10.9. The average molecular weight is 234 g/mol. The van der Waals surface area contributed by atoms with Gasteiger partial charge in [-0.2, -0.15) is 0 Å². The minimum Gasteiger partial charge on any atom is -0.463 e. The molecule has 14 heavy (non-hydrogen) atoms. The molecule has 0 aromatic heterocycles. The van der Waals surface area contributed by atoms with Crippen LogP contribution in [0.1, 0.15) is 26.7 Å². The van der Waals surface area contributed by atoms with E-state index in [1.807, 2.05) is 19.4 Å². The van der Waals surface area contributed by atoms with Crippen molar-refractivity contribution in [3.8, 4) is 0 Å². The van der Waals surface area contributed by atoms with Gasteiger partial charge in [0.2, 0.25) is 0 Å². The van der Waals surface area contributed by atoms with E-state index in [-0.39, 0.29) is 5.97 Å². The molecule has 2 nitrogen and oxygen atoms in total. The zero-order chi connectivity index (χ0) is 11.0. The molecule has 0 aromatic rings. The van der Waals surface area contributed by atoms with Crippen LogP contribution in [0, 0.1) is 0 Å². The molecule has 0 atom stereocenters. The van der Waals surface area contributed by atoms with Gasteiger partial charge in [-0.05, 0) is 25.9 Å². The van der Waals surface area contributed by atoms with E-state index in [4.69, 9.17) is 4.74 Å². The lowest BCUT2D eigenvalue weighted by Gasteiger charge is -2.09. The highest BCUT2D eigenvalue weighted by Crippen LogP contribution is 2.30. The predicted molar refractivity (Wildman–Crippen MR) is 65.6 cm³/mol. The molecule has 0 bridgehead atoms.